The number of hydrogen-bond donors (Lipinski definition) is 2. The number of phenols is 2. The first-order chi connectivity index (χ1) is 7.51. The largest absolute Gasteiger partial charge is 0.507 e. The Hall–Kier alpha value is -2.36. The Bertz CT molecular complexity index is 445. The second kappa shape index (κ2) is 4.44. The lowest BCUT2D eigenvalue weighted by atomic mass is 10.0. The quantitative estimate of drug-likeness (QED) is 0.597. The summed E-state index contributed by atoms with van der Waals surface area (Å²) in [5, 5.41) is 18.8. The molecule has 0 aliphatic carbocycles. The maximum Gasteiger partial charge on any atom is 0.188 e. The number of allylic oxidation sites excluding steroid dienone is 2. The summed E-state index contributed by atoms with van der Waals surface area (Å²) < 4.78 is 0. The van der Waals surface area contributed by atoms with Crippen LogP contribution in [0.15, 0.2) is 37.4 Å². The second-order valence-corrected chi connectivity index (χ2v) is 3.02. The van der Waals surface area contributed by atoms with Gasteiger partial charge in [0.2, 0.25) is 0 Å². The summed E-state index contributed by atoms with van der Waals surface area (Å²) in [5.74, 6) is -1.86. The van der Waals surface area contributed by atoms with Gasteiger partial charge in [-0.3, -0.25) is 9.59 Å². The van der Waals surface area contributed by atoms with Gasteiger partial charge in [-0.2, -0.15) is 0 Å². The minimum absolute atomic E-state index is 0.0852. The molecule has 0 spiro atoms. The molecule has 0 aliphatic heterocycles. The van der Waals surface area contributed by atoms with E-state index >= 15 is 0 Å². The molecule has 16 heavy (non-hydrogen) atoms. The third-order valence-electron chi connectivity index (χ3n) is 2.02. The zero-order valence-corrected chi connectivity index (χ0v) is 8.43. The van der Waals surface area contributed by atoms with Crippen molar-refractivity contribution in [2.24, 2.45) is 0 Å². The molecular weight excluding hydrogens is 208 g/mol. The summed E-state index contributed by atoms with van der Waals surface area (Å²) in [6.45, 7) is 6.53. The van der Waals surface area contributed by atoms with E-state index in [2.05, 4.69) is 13.2 Å². The molecule has 1 rings (SSSR count). The van der Waals surface area contributed by atoms with E-state index in [1.165, 1.54) is 0 Å². The highest BCUT2D eigenvalue weighted by Gasteiger charge is 2.15. The van der Waals surface area contributed by atoms with Crippen molar-refractivity contribution in [1.29, 1.82) is 0 Å². The Morgan fingerprint density at radius 2 is 1.31 bits per heavy atom. The van der Waals surface area contributed by atoms with Crippen LogP contribution in [0.4, 0.5) is 0 Å². The lowest BCUT2D eigenvalue weighted by molar-refractivity contribution is 0.104. The molecule has 2 N–H and O–H groups in total. The topological polar surface area (TPSA) is 74.6 Å². The fraction of sp³-hybridized carbons (Fsp3) is 0. The van der Waals surface area contributed by atoms with Crippen LogP contribution >= 0.6 is 0 Å². The number of aromatic hydroxyl groups is 2. The molecule has 4 heteroatoms. The third kappa shape index (κ3) is 2.00. The number of phenolic OH excluding ortho intramolecular Hbond substituents is 2. The van der Waals surface area contributed by atoms with E-state index in [-0.39, 0.29) is 11.1 Å². The molecule has 0 saturated carbocycles. The van der Waals surface area contributed by atoms with Crippen molar-refractivity contribution in [3.05, 3.63) is 48.6 Å². The smallest absolute Gasteiger partial charge is 0.188 e. The van der Waals surface area contributed by atoms with Crippen LogP contribution in [0.1, 0.15) is 20.7 Å². The highest BCUT2D eigenvalue weighted by atomic mass is 16.3. The number of carbonyl (C=O) groups excluding carboxylic acids is 2. The van der Waals surface area contributed by atoms with Crippen molar-refractivity contribution in [1.82, 2.24) is 0 Å². The predicted octanol–water partition coefficient (Wildman–Crippen LogP) is 1.84. The molecule has 0 radical (unpaired) electrons. The zero-order valence-electron chi connectivity index (χ0n) is 8.43. The lowest BCUT2D eigenvalue weighted by Crippen LogP contribution is -2.00. The molecule has 0 aromatic heterocycles. The molecule has 0 bridgehead atoms. The Labute approximate surface area is 92.2 Å². The summed E-state index contributed by atoms with van der Waals surface area (Å²) in [6, 6.07) is 2.05. The fourth-order valence-corrected chi connectivity index (χ4v) is 1.19. The van der Waals surface area contributed by atoms with Crippen LogP contribution in [0.25, 0.3) is 0 Å². The Morgan fingerprint density at radius 1 is 0.938 bits per heavy atom. The van der Waals surface area contributed by atoms with Gasteiger partial charge < -0.3 is 10.2 Å². The zero-order chi connectivity index (χ0) is 12.3. The summed E-state index contributed by atoms with van der Waals surface area (Å²) in [6.07, 6.45) is 2.02. The van der Waals surface area contributed by atoms with Crippen LogP contribution in [0.2, 0.25) is 0 Å². The number of carbonyl (C=O) groups is 2. The molecule has 0 saturated heterocycles. The van der Waals surface area contributed by atoms with Crippen molar-refractivity contribution < 1.29 is 19.8 Å². The molecule has 4 nitrogen and oxygen atoms in total. The number of benzene rings is 1. The highest BCUT2D eigenvalue weighted by Crippen LogP contribution is 2.28. The van der Waals surface area contributed by atoms with E-state index < -0.39 is 23.1 Å². The Morgan fingerprint density at radius 3 is 1.62 bits per heavy atom. The minimum Gasteiger partial charge on any atom is -0.507 e. The maximum absolute atomic E-state index is 11.3. The van der Waals surface area contributed by atoms with Crippen molar-refractivity contribution in [3.63, 3.8) is 0 Å². The second-order valence-electron chi connectivity index (χ2n) is 3.02. The van der Waals surface area contributed by atoms with Gasteiger partial charge in [-0.1, -0.05) is 13.2 Å². The van der Waals surface area contributed by atoms with Crippen molar-refractivity contribution in [2.75, 3.05) is 0 Å². The molecule has 82 valence electrons. The summed E-state index contributed by atoms with van der Waals surface area (Å²) in [7, 11) is 0. The van der Waals surface area contributed by atoms with Crippen molar-refractivity contribution in [2.45, 2.75) is 0 Å². The fourth-order valence-electron chi connectivity index (χ4n) is 1.19. The normalized spacial score (nSPS) is 9.50. The Kier molecular flexibility index (Phi) is 3.25. The van der Waals surface area contributed by atoms with Crippen LogP contribution < -0.4 is 0 Å². The standard InChI is InChI=1S/C12H10O4/c1-3-9(13)7-5-8(10(14)4-2)12(16)6-11(7)15/h3-6,15-16H,1-2H2. The minimum atomic E-state index is -0.532. The van der Waals surface area contributed by atoms with Gasteiger partial charge in [0.15, 0.2) is 11.6 Å². The van der Waals surface area contributed by atoms with Gasteiger partial charge >= 0.3 is 0 Å². The molecule has 1 aromatic carbocycles. The average Bonchev–Trinajstić information content (AvgIpc) is 2.27. The molecule has 0 fully saturated rings. The lowest BCUT2D eigenvalue weighted by Gasteiger charge is -2.05. The van der Waals surface area contributed by atoms with Gasteiger partial charge in [-0.15, -0.1) is 0 Å². The molecule has 1 aromatic rings. The molecule has 0 unspecified atom stereocenters. The molecule has 0 aliphatic rings. The van der Waals surface area contributed by atoms with Crippen LogP contribution in [-0.4, -0.2) is 21.8 Å². The van der Waals surface area contributed by atoms with Crippen LogP contribution in [0.5, 0.6) is 11.5 Å². The van der Waals surface area contributed by atoms with Gasteiger partial charge in [-0.25, -0.2) is 0 Å². The first-order valence-corrected chi connectivity index (χ1v) is 4.40. The third-order valence-corrected chi connectivity index (χ3v) is 2.02. The summed E-state index contributed by atoms with van der Waals surface area (Å²) in [5.41, 5.74) is -0.170. The average molecular weight is 218 g/mol. The van der Waals surface area contributed by atoms with Crippen LogP contribution in [0.3, 0.4) is 0 Å². The van der Waals surface area contributed by atoms with Gasteiger partial charge in [-0.05, 0) is 18.2 Å². The SMILES string of the molecule is C=CC(=O)c1cc(C(=O)C=C)c(O)cc1O. The Balaban J connectivity index is 3.43. The van der Waals surface area contributed by atoms with Crippen LogP contribution in [0, 0.1) is 0 Å². The van der Waals surface area contributed by atoms with E-state index in [1.807, 2.05) is 0 Å². The van der Waals surface area contributed by atoms with Gasteiger partial charge in [0.05, 0.1) is 11.1 Å². The van der Waals surface area contributed by atoms with E-state index in [9.17, 15) is 19.8 Å². The molecule has 0 atom stereocenters. The van der Waals surface area contributed by atoms with E-state index in [4.69, 9.17) is 0 Å². The highest BCUT2D eigenvalue weighted by molar-refractivity contribution is 6.11. The molecular formula is C12H10O4. The van der Waals surface area contributed by atoms with Gasteiger partial charge in [0, 0.05) is 6.07 Å². The van der Waals surface area contributed by atoms with Crippen molar-refractivity contribution >= 4 is 11.6 Å². The van der Waals surface area contributed by atoms with E-state index in [0.29, 0.717) is 0 Å². The van der Waals surface area contributed by atoms with Gasteiger partial charge in [0.1, 0.15) is 11.5 Å². The van der Waals surface area contributed by atoms with E-state index in [0.717, 1.165) is 24.3 Å². The van der Waals surface area contributed by atoms with Crippen LogP contribution in [-0.2, 0) is 0 Å². The molecule has 0 amide bonds. The summed E-state index contributed by atoms with van der Waals surface area (Å²) in [4.78, 5) is 22.6. The van der Waals surface area contributed by atoms with E-state index in [1.54, 1.807) is 0 Å². The summed E-state index contributed by atoms with van der Waals surface area (Å²) >= 11 is 0. The number of hydrogen-bond acceptors (Lipinski definition) is 4. The first-order valence-electron chi connectivity index (χ1n) is 4.40. The first kappa shape index (κ1) is 11.7. The molecule has 0 heterocycles. The number of rotatable bonds is 4. The monoisotopic (exact) mass is 218 g/mol. The van der Waals surface area contributed by atoms with Crippen molar-refractivity contribution in [3.8, 4) is 11.5 Å². The van der Waals surface area contributed by atoms with Gasteiger partial charge in [0.25, 0.3) is 0 Å². The number of ketones is 2. The predicted molar refractivity (Wildman–Crippen MR) is 58.8 cm³/mol. The maximum atomic E-state index is 11.3.